The van der Waals surface area contributed by atoms with E-state index >= 15 is 0 Å². The molecule has 0 saturated heterocycles. The van der Waals surface area contributed by atoms with Crippen LogP contribution in [0.2, 0.25) is 0 Å². The third kappa shape index (κ3) is 4.99. The highest BCUT2D eigenvalue weighted by atomic mass is 19.4. The molecule has 0 aromatic heterocycles. The number of amides is 2. The summed E-state index contributed by atoms with van der Waals surface area (Å²) in [4.78, 5) is 11.7. The lowest BCUT2D eigenvalue weighted by Crippen LogP contribution is -2.54. The van der Waals surface area contributed by atoms with Gasteiger partial charge in [0.05, 0.1) is 11.6 Å². The van der Waals surface area contributed by atoms with E-state index in [1.54, 1.807) is 0 Å². The standard InChI is InChI=1S/C14H16F3N3O/c1-13(2,3)11(14(15,16)17)20-12(21)19-10-6-4-5-9(7-10)8-18/h4-7,11H,1-3H3,(H2,19,20,21)/t11-/m1/s1. The van der Waals surface area contributed by atoms with E-state index in [4.69, 9.17) is 5.26 Å². The SMILES string of the molecule is CC(C)(C)[C@@H](NC(=O)Nc1cccc(C#N)c1)C(F)(F)F. The number of hydrogen-bond donors (Lipinski definition) is 2. The zero-order chi connectivity index (χ0) is 16.3. The lowest BCUT2D eigenvalue weighted by molar-refractivity contribution is -0.174. The van der Waals surface area contributed by atoms with E-state index in [2.05, 4.69) is 5.32 Å². The fourth-order valence-electron chi connectivity index (χ4n) is 1.75. The van der Waals surface area contributed by atoms with Crippen LogP contribution < -0.4 is 10.6 Å². The second-order valence-corrected chi connectivity index (χ2v) is 5.63. The van der Waals surface area contributed by atoms with Crippen LogP contribution in [0.4, 0.5) is 23.7 Å². The quantitative estimate of drug-likeness (QED) is 0.875. The first kappa shape index (κ1) is 16.8. The van der Waals surface area contributed by atoms with Gasteiger partial charge in [0.2, 0.25) is 0 Å². The molecule has 0 aliphatic carbocycles. The Morgan fingerprint density at radius 1 is 1.29 bits per heavy atom. The number of nitrogens with one attached hydrogen (secondary N) is 2. The Bertz CT molecular complexity index is 542. The van der Waals surface area contributed by atoms with Gasteiger partial charge in [-0.3, -0.25) is 0 Å². The maximum atomic E-state index is 12.9. The number of carbonyl (C=O) groups is 1. The molecule has 4 nitrogen and oxygen atoms in total. The number of alkyl halides is 3. The predicted molar refractivity (Wildman–Crippen MR) is 72.6 cm³/mol. The van der Waals surface area contributed by atoms with E-state index in [0.717, 1.165) is 0 Å². The molecule has 1 atom stereocenters. The van der Waals surface area contributed by atoms with Gasteiger partial charge in [0.25, 0.3) is 0 Å². The van der Waals surface area contributed by atoms with Gasteiger partial charge in [0.1, 0.15) is 6.04 Å². The zero-order valence-corrected chi connectivity index (χ0v) is 11.9. The van der Waals surface area contributed by atoms with Gasteiger partial charge in [-0.05, 0) is 23.6 Å². The normalized spacial score (nSPS) is 13.2. The molecule has 1 rings (SSSR count). The Hall–Kier alpha value is -2.23. The molecule has 1 aromatic rings. The van der Waals surface area contributed by atoms with E-state index in [1.807, 2.05) is 11.4 Å². The third-order valence-corrected chi connectivity index (χ3v) is 2.72. The summed E-state index contributed by atoms with van der Waals surface area (Å²) in [5, 5.41) is 12.9. The fraction of sp³-hybridized carbons (Fsp3) is 0.429. The summed E-state index contributed by atoms with van der Waals surface area (Å²) >= 11 is 0. The predicted octanol–water partition coefficient (Wildman–Crippen LogP) is 3.66. The van der Waals surface area contributed by atoms with Crippen molar-refractivity contribution in [2.24, 2.45) is 5.41 Å². The number of urea groups is 1. The second kappa shape index (κ2) is 6.04. The number of benzene rings is 1. The molecule has 114 valence electrons. The topological polar surface area (TPSA) is 64.9 Å². The summed E-state index contributed by atoms with van der Waals surface area (Å²) in [6, 6.07) is 4.84. The molecule has 1 aromatic carbocycles. The number of rotatable bonds is 2. The largest absolute Gasteiger partial charge is 0.409 e. The maximum Gasteiger partial charge on any atom is 0.409 e. The van der Waals surface area contributed by atoms with Crippen molar-refractivity contribution in [3.63, 3.8) is 0 Å². The molecule has 21 heavy (non-hydrogen) atoms. The van der Waals surface area contributed by atoms with Crippen molar-refractivity contribution in [2.75, 3.05) is 5.32 Å². The lowest BCUT2D eigenvalue weighted by atomic mass is 9.86. The molecule has 0 radical (unpaired) electrons. The van der Waals surface area contributed by atoms with E-state index < -0.39 is 23.7 Å². The van der Waals surface area contributed by atoms with Crippen molar-refractivity contribution < 1.29 is 18.0 Å². The molecule has 0 spiro atoms. The summed E-state index contributed by atoms with van der Waals surface area (Å²) in [5.74, 6) is 0. The van der Waals surface area contributed by atoms with Gasteiger partial charge in [-0.1, -0.05) is 26.8 Å². The number of halogens is 3. The third-order valence-electron chi connectivity index (χ3n) is 2.72. The Labute approximate surface area is 121 Å². The van der Waals surface area contributed by atoms with Gasteiger partial charge in [0, 0.05) is 5.69 Å². The zero-order valence-electron chi connectivity index (χ0n) is 11.9. The molecule has 0 aliphatic heterocycles. The molecule has 2 amide bonds. The molecular formula is C14H16F3N3O. The van der Waals surface area contributed by atoms with Crippen molar-refractivity contribution in [1.29, 1.82) is 5.26 Å². The van der Waals surface area contributed by atoms with Crippen molar-refractivity contribution in [3.8, 4) is 6.07 Å². The van der Waals surface area contributed by atoms with Crippen LogP contribution in [-0.2, 0) is 0 Å². The van der Waals surface area contributed by atoms with E-state index in [1.165, 1.54) is 45.0 Å². The molecule has 0 unspecified atom stereocenters. The fourth-order valence-corrected chi connectivity index (χ4v) is 1.75. The van der Waals surface area contributed by atoms with Gasteiger partial charge in [0.15, 0.2) is 0 Å². The van der Waals surface area contributed by atoms with Gasteiger partial charge in [-0.2, -0.15) is 18.4 Å². The van der Waals surface area contributed by atoms with Crippen LogP contribution in [0.5, 0.6) is 0 Å². The minimum Gasteiger partial charge on any atom is -0.325 e. The van der Waals surface area contributed by atoms with Crippen LogP contribution in [0.15, 0.2) is 24.3 Å². The number of nitriles is 1. The molecule has 0 fully saturated rings. The molecule has 0 saturated carbocycles. The Kier molecular flexibility index (Phi) is 4.84. The average molecular weight is 299 g/mol. The van der Waals surface area contributed by atoms with Crippen LogP contribution in [0.1, 0.15) is 26.3 Å². The van der Waals surface area contributed by atoms with Gasteiger partial charge < -0.3 is 10.6 Å². The highest BCUT2D eigenvalue weighted by Crippen LogP contribution is 2.33. The highest BCUT2D eigenvalue weighted by molar-refractivity contribution is 5.89. The number of carbonyl (C=O) groups excluding carboxylic acids is 1. The number of anilines is 1. The van der Waals surface area contributed by atoms with Crippen LogP contribution >= 0.6 is 0 Å². The number of hydrogen-bond acceptors (Lipinski definition) is 2. The van der Waals surface area contributed by atoms with E-state index in [-0.39, 0.29) is 5.69 Å². The van der Waals surface area contributed by atoms with Gasteiger partial charge >= 0.3 is 12.2 Å². The number of nitrogens with zero attached hydrogens (tertiary/aromatic N) is 1. The second-order valence-electron chi connectivity index (χ2n) is 5.63. The minimum absolute atomic E-state index is 0.251. The van der Waals surface area contributed by atoms with Gasteiger partial charge in [-0.25, -0.2) is 4.79 Å². The van der Waals surface area contributed by atoms with Crippen molar-refractivity contribution >= 4 is 11.7 Å². The molecule has 0 bridgehead atoms. The summed E-state index contributed by atoms with van der Waals surface area (Å²) in [6.07, 6.45) is -4.55. The molecular weight excluding hydrogens is 283 g/mol. The monoisotopic (exact) mass is 299 g/mol. The Morgan fingerprint density at radius 3 is 2.38 bits per heavy atom. The van der Waals surface area contributed by atoms with Crippen LogP contribution in [0.3, 0.4) is 0 Å². The average Bonchev–Trinajstić information content (AvgIpc) is 2.33. The first-order valence-electron chi connectivity index (χ1n) is 6.18. The summed E-state index contributed by atoms with van der Waals surface area (Å²) < 4.78 is 38.8. The molecule has 0 heterocycles. The first-order chi connectivity index (χ1) is 9.54. The first-order valence-corrected chi connectivity index (χ1v) is 6.18. The molecule has 7 heteroatoms. The van der Waals surface area contributed by atoms with Crippen LogP contribution in [0.25, 0.3) is 0 Å². The highest BCUT2D eigenvalue weighted by Gasteiger charge is 2.47. The van der Waals surface area contributed by atoms with Crippen LogP contribution in [-0.4, -0.2) is 18.2 Å². The van der Waals surface area contributed by atoms with Crippen molar-refractivity contribution in [1.82, 2.24) is 5.32 Å². The summed E-state index contributed by atoms with van der Waals surface area (Å²) in [5.41, 5.74) is -0.623. The van der Waals surface area contributed by atoms with Crippen molar-refractivity contribution in [3.05, 3.63) is 29.8 Å². The minimum atomic E-state index is -4.55. The van der Waals surface area contributed by atoms with E-state index in [9.17, 15) is 18.0 Å². The van der Waals surface area contributed by atoms with Crippen molar-refractivity contribution in [2.45, 2.75) is 33.0 Å². The van der Waals surface area contributed by atoms with Gasteiger partial charge in [-0.15, -0.1) is 0 Å². The molecule has 2 N–H and O–H groups in total. The summed E-state index contributed by atoms with van der Waals surface area (Å²) in [6.45, 7) is 4.17. The Morgan fingerprint density at radius 2 is 1.90 bits per heavy atom. The lowest BCUT2D eigenvalue weighted by Gasteiger charge is -2.32. The molecule has 0 aliphatic rings. The maximum absolute atomic E-state index is 12.9. The van der Waals surface area contributed by atoms with E-state index in [0.29, 0.717) is 5.56 Å². The van der Waals surface area contributed by atoms with Crippen LogP contribution in [0, 0.1) is 16.7 Å². The summed E-state index contributed by atoms with van der Waals surface area (Å²) in [7, 11) is 0. The smallest absolute Gasteiger partial charge is 0.325 e. The Balaban J connectivity index is 2.82.